The number of hydrogen-bond donors (Lipinski definition) is 1. The van der Waals surface area contributed by atoms with E-state index in [0.29, 0.717) is 24.5 Å². The number of carbonyl (C=O) groups excluding carboxylic acids is 1. The second kappa shape index (κ2) is 6.44. The third-order valence-electron chi connectivity index (χ3n) is 5.37. The summed E-state index contributed by atoms with van der Waals surface area (Å²) in [5, 5.41) is 3.48. The molecule has 1 amide bonds. The van der Waals surface area contributed by atoms with E-state index in [1.807, 2.05) is 0 Å². The number of fused-ring (bicyclic) bond motifs is 1. The molecular formula is C16H28N2O2. The normalized spacial score (nSPS) is 37.8. The second-order valence-corrected chi connectivity index (χ2v) is 6.82. The van der Waals surface area contributed by atoms with Crippen LogP contribution in [0.15, 0.2) is 0 Å². The summed E-state index contributed by atoms with van der Waals surface area (Å²) in [6.07, 6.45) is 6.94. The van der Waals surface area contributed by atoms with Gasteiger partial charge in [0.05, 0.1) is 12.2 Å². The van der Waals surface area contributed by atoms with Gasteiger partial charge < -0.3 is 15.0 Å². The van der Waals surface area contributed by atoms with E-state index in [0.717, 1.165) is 57.3 Å². The maximum absolute atomic E-state index is 12.4. The number of carbonyl (C=O) groups is 1. The molecule has 4 atom stereocenters. The Labute approximate surface area is 122 Å². The number of likely N-dealkylation sites (tertiary alicyclic amines) is 1. The maximum atomic E-state index is 12.4. The Hall–Kier alpha value is -0.610. The van der Waals surface area contributed by atoms with Gasteiger partial charge in [0.25, 0.3) is 0 Å². The number of rotatable bonds is 3. The molecular weight excluding hydrogens is 252 g/mol. The van der Waals surface area contributed by atoms with Crippen molar-refractivity contribution < 1.29 is 9.53 Å². The number of amides is 1. The lowest BCUT2D eigenvalue weighted by Gasteiger charge is -2.21. The predicted octanol–water partition coefficient (Wildman–Crippen LogP) is 1.79. The Kier molecular flexibility index (Phi) is 4.61. The lowest BCUT2D eigenvalue weighted by molar-refractivity contribution is -0.132. The van der Waals surface area contributed by atoms with Crippen molar-refractivity contribution in [1.82, 2.24) is 10.2 Å². The summed E-state index contributed by atoms with van der Waals surface area (Å²) in [4.78, 5) is 14.5. The van der Waals surface area contributed by atoms with Gasteiger partial charge in [0.15, 0.2) is 0 Å². The molecule has 0 aromatic carbocycles. The molecule has 4 nitrogen and oxygen atoms in total. The van der Waals surface area contributed by atoms with Crippen LogP contribution >= 0.6 is 0 Å². The lowest BCUT2D eigenvalue weighted by atomic mass is 9.92. The van der Waals surface area contributed by atoms with Gasteiger partial charge in [-0.1, -0.05) is 0 Å². The summed E-state index contributed by atoms with van der Waals surface area (Å²) < 4.78 is 5.81. The highest BCUT2D eigenvalue weighted by atomic mass is 16.5. The van der Waals surface area contributed by atoms with Crippen LogP contribution < -0.4 is 5.32 Å². The molecule has 0 aromatic rings. The first kappa shape index (κ1) is 14.3. The summed E-state index contributed by atoms with van der Waals surface area (Å²) in [6, 6.07) is 0. The molecule has 0 aromatic heterocycles. The Morgan fingerprint density at radius 3 is 2.45 bits per heavy atom. The molecule has 2 unspecified atom stereocenters. The standard InChI is InChI=1S/C16H28N2O2/c1-12-2-3-15(20-12)4-5-16(19)18-8-6-13-10-17-11-14(13)7-9-18/h12-15,17H,2-11H2,1H3/t12?,13-,14+,15?. The van der Waals surface area contributed by atoms with Crippen molar-refractivity contribution in [3.63, 3.8) is 0 Å². The van der Waals surface area contributed by atoms with Gasteiger partial charge in [-0.05, 0) is 64.0 Å². The van der Waals surface area contributed by atoms with Gasteiger partial charge in [-0.2, -0.15) is 0 Å². The van der Waals surface area contributed by atoms with Crippen LogP contribution in [0.2, 0.25) is 0 Å². The minimum Gasteiger partial charge on any atom is -0.375 e. The third-order valence-corrected chi connectivity index (χ3v) is 5.37. The molecule has 20 heavy (non-hydrogen) atoms. The molecule has 0 spiro atoms. The van der Waals surface area contributed by atoms with Crippen LogP contribution in [0.1, 0.15) is 45.4 Å². The zero-order valence-electron chi connectivity index (χ0n) is 12.6. The molecule has 3 aliphatic heterocycles. The fraction of sp³-hybridized carbons (Fsp3) is 0.938. The van der Waals surface area contributed by atoms with Crippen LogP contribution in [0.5, 0.6) is 0 Å². The van der Waals surface area contributed by atoms with Crippen LogP contribution in [-0.4, -0.2) is 49.2 Å². The lowest BCUT2D eigenvalue weighted by Crippen LogP contribution is -2.33. The number of hydrogen-bond acceptors (Lipinski definition) is 3. The molecule has 0 radical (unpaired) electrons. The van der Waals surface area contributed by atoms with Gasteiger partial charge in [-0.25, -0.2) is 0 Å². The average Bonchev–Trinajstić information content (AvgIpc) is 3.01. The largest absolute Gasteiger partial charge is 0.375 e. The second-order valence-electron chi connectivity index (χ2n) is 6.82. The van der Waals surface area contributed by atoms with Crippen LogP contribution in [0.25, 0.3) is 0 Å². The van der Waals surface area contributed by atoms with E-state index in [1.54, 1.807) is 0 Å². The van der Waals surface area contributed by atoms with Crippen molar-refractivity contribution in [1.29, 1.82) is 0 Å². The van der Waals surface area contributed by atoms with E-state index in [1.165, 1.54) is 12.8 Å². The van der Waals surface area contributed by atoms with Crippen LogP contribution in [0.4, 0.5) is 0 Å². The number of nitrogens with one attached hydrogen (secondary N) is 1. The minimum absolute atomic E-state index is 0.324. The average molecular weight is 280 g/mol. The molecule has 0 aliphatic carbocycles. The van der Waals surface area contributed by atoms with Crippen molar-refractivity contribution >= 4 is 5.91 Å². The molecule has 114 valence electrons. The molecule has 3 rings (SSSR count). The van der Waals surface area contributed by atoms with Gasteiger partial charge in [0, 0.05) is 19.5 Å². The Balaban J connectivity index is 1.43. The van der Waals surface area contributed by atoms with E-state index >= 15 is 0 Å². The molecule has 0 saturated carbocycles. The summed E-state index contributed by atoms with van der Waals surface area (Å²) in [5.41, 5.74) is 0. The smallest absolute Gasteiger partial charge is 0.222 e. The van der Waals surface area contributed by atoms with Gasteiger partial charge in [-0.3, -0.25) is 4.79 Å². The fourth-order valence-electron chi connectivity index (χ4n) is 4.01. The Morgan fingerprint density at radius 2 is 1.85 bits per heavy atom. The van der Waals surface area contributed by atoms with Gasteiger partial charge >= 0.3 is 0 Å². The van der Waals surface area contributed by atoms with Gasteiger partial charge in [0.1, 0.15) is 0 Å². The van der Waals surface area contributed by atoms with Crippen molar-refractivity contribution in [3.05, 3.63) is 0 Å². The third kappa shape index (κ3) is 3.34. The molecule has 3 heterocycles. The van der Waals surface area contributed by atoms with Crippen LogP contribution in [-0.2, 0) is 9.53 Å². The van der Waals surface area contributed by atoms with Crippen molar-refractivity contribution in [2.45, 2.75) is 57.7 Å². The highest BCUT2D eigenvalue weighted by molar-refractivity contribution is 5.76. The molecule has 3 saturated heterocycles. The topological polar surface area (TPSA) is 41.6 Å². The first-order chi connectivity index (χ1) is 9.72. The van der Waals surface area contributed by atoms with Gasteiger partial charge in [-0.15, -0.1) is 0 Å². The summed E-state index contributed by atoms with van der Waals surface area (Å²) >= 11 is 0. The zero-order chi connectivity index (χ0) is 13.9. The van der Waals surface area contributed by atoms with Crippen molar-refractivity contribution in [3.8, 4) is 0 Å². The molecule has 3 aliphatic rings. The van der Waals surface area contributed by atoms with E-state index in [9.17, 15) is 4.79 Å². The fourth-order valence-corrected chi connectivity index (χ4v) is 4.01. The minimum atomic E-state index is 0.324. The monoisotopic (exact) mass is 280 g/mol. The first-order valence-electron chi connectivity index (χ1n) is 8.36. The molecule has 3 fully saturated rings. The summed E-state index contributed by atoms with van der Waals surface area (Å²) in [7, 11) is 0. The van der Waals surface area contributed by atoms with E-state index in [-0.39, 0.29) is 0 Å². The zero-order valence-corrected chi connectivity index (χ0v) is 12.6. The molecule has 0 bridgehead atoms. The van der Waals surface area contributed by atoms with E-state index < -0.39 is 0 Å². The summed E-state index contributed by atoms with van der Waals surface area (Å²) in [5.74, 6) is 1.94. The molecule has 1 N–H and O–H groups in total. The van der Waals surface area contributed by atoms with E-state index in [2.05, 4.69) is 17.1 Å². The quantitative estimate of drug-likeness (QED) is 0.857. The maximum Gasteiger partial charge on any atom is 0.222 e. The summed E-state index contributed by atoms with van der Waals surface area (Å²) in [6.45, 7) is 6.36. The van der Waals surface area contributed by atoms with Gasteiger partial charge in [0.2, 0.25) is 5.91 Å². The first-order valence-corrected chi connectivity index (χ1v) is 8.36. The number of ether oxygens (including phenoxy) is 1. The highest BCUT2D eigenvalue weighted by Gasteiger charge is 2.31. The van der Waals surface area contributed by atoms with Crippen LogP contribution in [0.3, 0.4) is 0 Å². The van der Waals surface area contributed by atoms with E-state index in [4.69, 9.17) is 4.74 Å². The van der Waals surface area contributed by atoms with Crippen molar-refractivity contribution in [2.24, 2.45) is 11.8 Å². The Morgan fingerprint density at radius 1 is 1.15 bits per heavy atom. The Bertz CT molecular complexity index is 333. The van der Waals surface area contributed by atoms with Crippen LogP contribution in [0, 0.1) is 11.8 Å². The number of nitrogens with zero attached hydrogens (tertiary/aromatic N) is 1. The highest BCUT2D eigenvalue weighted by Crippen LogP contribution is 2.28. The SMILES string of the molecule is CC1CCC(CCC(=O)N2CC[C@@H]3CNC[C@@H]3CC2)O1. The molecule has 4 heteroatoms. The predicted molar refractivity (Wildman–Crippen MR) is 78.5 cm³/mol. The van der Waals surface area contributed by atoms with Crippen molar-refractivity contribution in [2.75, 3.05) is 26.2 Å².